The van der Waals surface area contributed by atoms with Crippen molar-refractivity contribution in [2.75, 3.05) is 11.4 Å². The third kappa shape index (κ3) is 3.04. The first kappa shape index (κ1) is 13.6. The normalized spacial score (nSPS) is 18.0. The number of nitrogens with one attached hydrogen (secondary N) is 1. The molecule has 3 heterocycles. The Balaban J connectivity index is 1.67. The summed E-state index contributed by atoms with van der Waals surface area (Å²) in [4.78, 5) is 23.0. The maximum absolute atomic E-state index is 12.4. The van der Waals surface area contributed by atoms with E-state index in [1.807, 2.05) is 24.0 Å². The summed E-state index contributed by atoms with van der Waals surface area (Å²) >= 11 is 0. The van der Waals surface area contributed by atoms with E-state index in [1.54, 1.807) is 18.7 Å². The molecule has 1 aliphatic heterocycles. The van der Waals surface area contributed by atoms with E-state index in [0.717, 1.165) is 36.7 Å². The first-order valence-electron chi connectivity index (χ1n) is 7.09. The van der Waals surface area contributed by atoms with E-state index >= 15 is 0 Å². The molecule has 3 rings (SSSR count). The molecule has 0 saturated carbocycles. The summed E-state index contributed by atoms with van der Waals surface area (Å²) in [7, 11) is 0. The quantitative estimate of drug-likeness (QED) is 0.925. The second kappa shape index (κ2) is 5.95. The Hall–Kier alpha value is -2.37. The molecule has 2 aromatic rings. The molecule has 2 aromatic heterocycles. The predicted molar refractivity (Wildman–Crippen MR) is 77.7 cm³/mol. The van der Waals surface area contributed by atoms with Gasteiger partial charge >= 0.3 is 0 Å². The van der Waals surface area contributed by atoms with Crippen LogP contribution < -0.4 is 10.2 Å². The van der Waals surface area contributed by atoms with Gasteiger partial charge in [0.2, 0.25) is 5.91 Å². The summed E-state index contributed by atoms with van der Waals surface area (Å²) < 4.78 is 5.22. The Morgan fingerprint density at radius 2 is 2.43 bits per heavy atom. The van der Waals surface area contributed by atoms with Crippen molar-refractivity contribution >= 4 is 11.7 Å². The second-order valence-electron chi connectivity index (χ2n) is 5.17. The van der Waals surface area contributed by atoms with Crippen molar-refractivity contribution in [1.82, 2.24) is 15.3 Å². The van der Waals surface area contributed by atoms with Crippen LogP contribution in [-0.4, -0.2) is 28.5 Å². The second-order valence-corrected chi connectivity index (χ2v) is 5.17. The van der Waals surface area contributed by atoms with Crippen LogP contribution in [0.25, 0.3) is 0 Å². The molecule has 1 atom stereocenters. The van der Waals surface area contributed by atoms with E-state index in [2.05, 4.69) is 15.3 Å². The summed E-state index contributed by atoms with van der Waals surface area (Å²) in [6, 6.07) is 3.47. The summed E-state index contributed by atoms with van der Waals surface area (Å²) in [6.07, 6.45) is 6.84. The molecule has 1 N–H and O–H groups in total. The Morgan fingerprint density at radius 1 is 1.52 bits per heavy atom. The Labute approximate surface area is 123 Å². The van der Waals surface area contributed by atoms with Crippen molar-refractivity contribution in [3.8, 4) is 0 Å². The minimum absolute atomic E-state index is 0.00667. The van der Waals surface area contributed by atoms with Gasteiger partial charge in [-0.25, -0.2) is 4.98 Å². The van der Waals surface area contributed by atoms with Gasteiger partial charge in [0.05, 0.1) is 24.7 Å². The molecule has 6 heteroatoms. The van der Waals surface area contributed by atoms with Gasteiger partial charge in [-0.3, -0.25) is 9.78 Å². The van der Waals surface area contributed by atoms with Gasteiger partial charge in [0.25, 0.3) is 0 Å². The number of hydrogen-bond donors (Lipinski definition) is 1. The third-order valence-corrected chi connectivity index (χ3v) is 3.61. The number of nitrogens with zero attached hydrogens (tertiary/aromatic N) is 3. The van der Waals surface area contributed by atoms with Crippen LogP contribution >= 0.6 is 0 Å². The minimum Gasteiger partial charge on any atom is -0.467 e. The van der Waals surface area contributed by atoms with Gasteiger partial charge < -0.3 is 14.6 Å². The molecule has 1 amide bonds. The van der Waals surface area contributed by atoms with Crippen LogP contribution in [0.15, 0.2) is 35.2 Å². The fourth-order valence-corrected chi connectivity index (χ4v) is 2.61. The third-order valence-electron chi connectivity index (χ3n) is 3.61. The monoisotopic (exact) mass is 286 g/mol. The molecule has 0 spiro atoms. The number of aryl methyl sites for hydroxylation is 1. The molecule has 0 bridgehead atoms. The highest BCUT2D eigenvalue weighted by Crippen LogP contribution is 2.23. The van der Waals surface area contributed by atoms with Gasteiger partial charge in [0, 0.05) is 12.7 Å². The number of carbonyl (C=O) groups is 1. The van der Waals surface area contributed by atoms with Gasteiger partial charge in [-0.05, 0) is 31.9 Å². The molecule has 21 heavy (non-hydrogen) atoms. The number of aromatic nitrogens is 2. The average molecular weight is 286 g/mol. The Morgan fingerprint density at radius 3 is 3.19 bits per heavy atom. The van der Waals surface area contributed by atoms with Crippen molar-refractivity contribution in [3.63, 3.8) is 0 Å². The lowest BCUT2D eigenvalue weighted by atomic mass is 10.2. The van der Waals surface area contributed by atoms with E-state index in [9.17, 15) is 4.79 Å². The molecule has 1 aliphatic rings. The molecule has 0 aliphatic carbocycles. The smallest absolute Gasteiger partial charge is 0.243 e. The van der Waals surface area contributed by atoms with Gasteiger partial charge in [-0.2, -0.15) is 0 Å². The average Bonchev–Trinajstić information content (AvgIpc) is 3.16. The van der Waals surface area contributed by atoms with Gasteiger partial charge in [0.1, 0.15) is 17.6 Å². The summed E-state index contributed by atoms with van der Waals surface area (Å²) in [5.41, 5.74) is 0.856. The Bertz CT molecular complexity index is 612. The molecule has 0 aromatic carbocycles. The van der Waals surface area contributed by atoms with Crippen LogP contribution in [0.2, 0.25) is 0 Å². The number of rotatable bonds is 4. The molecular formula is C15H18N4O2. The maximum atomic E-state index is 12.4. The van der Waals surface area contributed by atoms with Crippen molar-refractivity contribution in [1.29, 1.82) is 0 Å². The molecule has 1 saturated heterocycles. The topological polar surface area (TPSA) is 71.3 Å². The summed E-state index contributed by atoms with van der Waals surface area (Å²) in [5, 5.41) is 2.92. The first-order chi connectivity index (χ1) is 10.2. The molecule has 110 valence electrons. The van der Waals surface area contributed by atoms with E-state index in [4.69, 9.17) is 4.42 Å². The highest BCUT2D eigenvalue weighted by molar-refractivity contribution is 5.85. The zero-order valence-electron chi connectivity index (χ0n) is 12.0. The minimum atomic E-state index is -0.184. The summed E-state index contributed by atoms with van der Waals surface area (Å²) in [6.45, 7) is 3.14. The van der Waals surface area contributed by atoms with Crippen LogP contribution in [0.3, 0.4) is 0 Å². The lowest BCUT2D eigenvalue weighted by Gasteiger charge is -2.24. The van der Waals surface area contributed by atoms with Gasteiger partial charge in [0.15, 0.2) is 0 Å². The number of carbonyl (C=O) groups excluding carboxylic acids is 1. The van der Waals surface area contributed by atoms with Gasteiger partial charge in [-0.15, -0.1) is 0 Å². The Kier molecular flexibility index (Phi) is 3.85. The molecule has 1 fully saturated rings. The summed E-state index contributed by atoms with van der Waals surface area (Å²) in [5.74, 6) is 1.53. The van der Waals surface area contributed by atoms with Crippen LogP contribution in [0.1, 0.15) is 24.3 Å². The van der Waals surface area contributed by atoms with Crippen LogP contribution in [-0.2, 0) is 11.3 Å². The molecule has 0 unspecified atom stereocenters. The van der Waals surface area contributed by atoms with Crippen LogP contribution in [0, 0.1) is 6.92 Å². The number of anilines is 1. The predicted octanol–water partition coefficient (Wildman–Crippen LogP) is 1.66. The van der Waals surface area contributed by atoms with Crippen molar-refractivity contribution in [2.45, 2.75) is 32.4 Å². The fourth-order valence-electron chi connectivity index (χ4n) is 2.61. The van der Waals surface area contributed by atoms with E-state index < -0.39 is 0 Å². The zero-order chi connectivity index (χ0) is 14.7. The fraction of sp³-hybridized carbons (Fsp3) is 0.400. The maximum Gasteiger partial charge on any atom is 0.243 e. The van der Waals surface area contributed by atoms with Crippen molar-refractivity contribution in [2.24, 2.45) is 0 Å². The zero-order valence-corrected chi connectivity index (χ0v) is 12.0. The van der Waals surface area contributed by atoms with Crippen LogP contribution in [0.4, 0.5) is 5.82 Å². The number of amides is 1. The first-order valence-corrected chi connectivity index (χ1v) is 7.09. The van der Waals surface area contributed by atoms with E-state index in [-0.39, 0.29) is 11.9 Å². The highest BCUT2D eigenvalue weighted by Gasteiger charge is 2.31. The standard InChI is InChI=1S/C15H18N4O2/c1-11-8-16-10-14(18-11)19-6-2-5-13(19)15(20)17-9-12-4-3-7-21-12/h3-4,7-8,10,13H,2,5-6,9H2,1H3,(H,17,20)/t13-/m0/s1. The molecular weight excluding hydrogens is 268 g/mol. The molecule has 6 nitrogen and oxygen atoms in total. The van der Waals surface area contributed by atoms with Crippen LogP contribution in [0.5, 0.6) is 0 Å². The SMILES string of the molecule is Cc1cncc(N2CCC[C@H]2C(=O)NCc2ccco2)n1. The number of hydrogen-bond acceptors (Lipinski definition) is 5. The molecule has 0 radical (unpaired) electrons. The number of furan rings is 1. The van der Waals surface area contributed by atoms with E-state index in [1.165, 1.54) is 0 Å². The van der Waals surface area contributed by atoms with Gasteiger partial charge in [-0.1, -0.05) is 0 Å². The van der Waals surface area contributed by atoms with E-state index in [0.29, 0.717) is 6.54 Å². The lowest BCUT2D eigenvalue weighted by Crippen LogP contribution is -2.43. The van der Waals surface area contributed by atoms with Crippen molar-refractivity contribution < 1.29 is 9.21 Å². The largest absolute Gasteiger partial charge is 0.467 e. The van der Waals surface area contributed by atoms with Crippen molar-refractivity contribution in [3.05, 3.63) is 42.2 Å². The lowest BCUT2D eigenvalue weighted by molar-refractivity contribution is -0.122. The highest BCUT2D eigenvalue weighted by atomic mass is 16.3.